The lowest BCUT2D eigenvalue weighted by Crippen LogP contribution is -2.24. The van der Waals surface area contributed by atoms with Crippen molar-refractivity contribution >= 4 is 28.7 Å². The summed E-state index contributed by atoms with van der Waals surface area (Å²) < 4.78 is 39.4. The fourth-order valence-electron chi connectivity index (χ4n) is 3.29. The standard InChI is InChI=1S/C24H22ClF2N5O3/c1-2-3-12-34-24(33)28-14-15-8-10-16(11-9-15)35-23-30-19(25)13-20(31-23)32-18-7-5-4-6-17(18)29-22(32)21(26)27/h4-11,13,21H,2-3,12,14H2,1H3,(H,28,33). The Labute approximate surface area is 204 Å². The highest BCUT2D eigenvalue weighted by Gasteiger charge is 2.22. The van der Waals surface area contributed by atoms with Crippen LogP contribution in [-0.2, 0) is 11.3 Å². The number of fused-ring (bicyclic) bond motifs is 1. The van der Waals surface area contributed by atoms with Crippen LogP contribution in [0, 0.1) is 0 Å². The molecule has 4 aromatic rings. The molecule has 0 spiro atoms. The summed E-state index contributed by atoms with van der Waals surface area (Å²) in [5, 5.41) is 2.69. The number of nitrogens with one attached hydrogen (secondary N) is 1. The van der Waals surface area contributed by atoms with Crippen molar-refractivity contribution < 1.29 is 23.0 Å². The highest BCUT2D eigenvalue weighted by molar-refractivity contribution is 6.29. The Bertz CT molecular complexity index is 1310. The predicted octanol–water partition coefficient (Wildman–Crippen LogP) is 6.23. The Hall–Kier alpha value is -3.79. The van der Waals surface area contributed by atoms with Crippen molar-refractivity contribution in [3.63, 3.8) is 0 Å². The molecule has 1 amide bonds. The smallest absolute Gasteiger partial charge is 0.407 e. The molecule has 182 valence electrons. The molecule has 0 fully saturated rings. The van der Waals surface area contributed by atoms with E-state index in [1.165, 1.54) is 10.6 Å². The van der Waals surface area contributed by atoms with Crippen molar-refractivity contribution in [1.29, 1.82) is 0 Å². The summed E-state index contributed by atoms with van der Waals surface area (Å²) in [5.74, 6) is 0.0421. The van der Waals surface area contributed by atoms with E-state index in [0.717, 1.165) is 18.4 Å². The minimum Gasteiger partial charge on any atom is -0.450 e. The molecule has 2 aromatic heterocycles. The number of alkyl carbamates (subject to hydrolysis) is 1. The maximum atomic E-state index is 13.7. The quantitative estimate of drug-likeness (QED) is 0.216. The van der Waals surface area contributed by atoms with E-state index in [1.54, 1.807) is 48.5 Å². The normalized spacial score (nSPS) is 11.1. The van der Waals surface area contributed by atoms with Gasteiger partial charge in [-0.2, -0.15) is 9.97 Å². The highest BCUT2D eigenvalue weighted by atomic mass is 35.5. The third-order valence-corrected chi connectivity index (χ3v) is 5.17. The van der Waals surface area contributed by atoms with Crippen LogP contribution in [0.1, 0.15) is 37.6 Å². The maximum absolute atomic E-state index is 13.7. The number of nitrogens with zero attached hydrogens (tertiary/aromatic N) is 4. The molecule has 0 saturated carbocycles. The summed E-state index contributed by atoms with van der Waals surface area (Å²) in [4.78, 5) is 24.0. The number of alkyl halides is 2. The zero-order valence-corrected chi connectivity index (χ0v) is 19.5. The fraction of sp³-hybridized carbons (Fsp3) is 0.250. The monoisotopic (exact) mass is 501 g/mol. The van der Waals surface area contributed by atoms with Gasteiger partial charge in [-0.1, -0.05) is 49.2 Å². The molecule has 0 bridgehead atoms. The highest BCUT2D eigenvalue weighted by Crippen LogP contribution is 2.29. The van der Waals surface area contributed by atoms with E-state index < -0.39 is 18.3 Å². The predicted molar refractivity (Wildman–Crippen MR) is 126 cm³/mol. The Morgan fingerprint density at radius 1 is 1.11 bits per heavy atom. The second-order valence-corrected chi connectivity index (χ2v) is 7.90. The molecule has 2 heterocycles. The van der Waals surface area contributed by atoms with Gasteiger partial charge in [0.2, 0.25) is 0 Å². The zero-order chi connectivity index (χ0) is 24.8. The van der Waals surface area contributed by atoms with E-state index in [-0.39, 0.29) is 23.5 Å². The number of carbonyl (C=O) groups is 1. The Kier molecular flexibility index (Phi) is 7.71. The third kappa shape index (κ3) is 6.02. The number of amides is 1. The van der Waals surface area contributed by atoms with Crippen molar-refractivity contribution in [2.75, 3.05) is 6.61 Å². The van der Waals surface area contributed by atoms with Crippen LogP contribution >= 0.6 is 11.6 Å². The number of aromatic nitrogens is 4. The number of unbranched alkanes of at least 4 members (excludes halogenated alkanes) is 1. The molecule has 1 N–H and O–H groups in total. The van der Waals surface area contributed by atoms with Crippen LogP contribution in [0.3, 0.4) is 0 Å². The van der Waals surface area contributed by atoms with Gasteiger partial charge in [-0.05, 0) is 36.2 Å². The van der Waals surface area contributed by atoms with Crippen LogP contribution in [0.5, 0.6) is 11.8 Å². The lowest BCUT2D eigenvalue weighted by Gasteiger charge is -2.11. The van der Waals surface area contributed by atoms with Gasteiger partial charge in [-0.3, -0.25) is 4.57 Å². The van der Waals surface area contributed by atoms with Crippen LogP contribution in [0.15, 0.2) is 54.6 Å². The molecular formula is C24H22ClF2N5O3. The Balaban J connectivity index is 1.50. The molecule has 0 aliphatic carbocycles. The molecule has 0 aliphatic heterocycles. The van der Waals surface area contributed by atoms with Gasteiger partial charge >= 0.3 is 12.1 Å². The number of carbonyl (C=O) groups excluding carboxylic acids is 1. The first kappa shape index (κ1) is 24.3. The number of rotatable bonds is 9. The van der Waals surface area contributed by atoms with Gasteiger partial charge in [0, 0.05) is 12.6 Å². The SMILES string of the molecule is CCCCOC(=O)NCc1ccc(Oc2nc(Cl)cc(-n3c(C(F)F)nc4ccccc43)n2)cc1. The molecule has 8 nitrogen and oxygen atoms in total. The van der Waals surface area contributed by atoms with E-state index in [9.17, 15) is 13.6 Å². The van der Waals surface area contributed by atoms with Gasteiger partial charge in [0.15, 0.2) is 5.82 Å². The van der Waals surface area contributed by atoms with Crippen LogP contribution in [-0.4, -0.2) is 32.2 Å². The number of ether oxygens (including phenoxy) is 2. The Morgan fingerprint density at radius 2 is 1.89 bits per heavy atom. The minimum atomic E-state index is -2.83. The topological polar surface area (TPSA) is 91.2 Å². The number of imidazole rings is 1. The number of para-hydroxylation sites is 2. The third-order valence-electron chi connectivity index (χ3n) is 4.97. The lowest BCUT2D eigenvalue weighted by molar-refractivity contribution is 0.139. The van der Waals surface area contributed by atoms with Crippen LogP contribution in [0.2, 0.25) is 5.15 Å². The van der Waals surface area contributed by atoms with Crippen molar-refractivity contribution in [1.82, 2.24) is 24.8 Å². The number of benzene rings is 2. The largest absolute Gasteiger partial charge is 0.450 e. The van der Waals surface area contributed by atoms with E-state index in [4.69, 9.17) is 21.1 Å². The van der Waals surface area contributed by atoms with E-state index >= 15 is 0 Å². The van der Waals surface area contributed by atoms with Gasteiger partial charge in [0.1, 0.15) is 16.7 Å². The zero-order valence-electron chi connectivity index (χ0n) is 18.7. The van der Waals surface area contributed by atoms with Crippen LogP contribution < -0.4 is 10.1 Å². The maximum Gasteiger partial charge on any atom is 0.407 e. The molecule has 0 radical (unpaired) electrons. The summed E-state index contributed by atoms with van der Waals surface area (Å²) in [7, 11) is 0. The average molecular weight is 502 g/mol. The van der Waals surface area contributed by atoms with Crippen LogP contribution in [0.25, 0.3) is 16.9 Å². The van der Waals surface area contributed by atoms with Gasteiger partial charge < -0.3 is 14.8 Å². The summed E-state index contributed by atoms with van der Waals surface area (Å²) in [6.07, 6.45) is -1.55. The Morgan fingerprint density at radius 3 is 2.63 bits per heavy atom. The van der Waals surface area contributed by atoms with Gasteiger partial charge in [-0.15, -0.1) is 0 Å². The molecule has 4 rings (SSSR count). The number of hydrogen-bond donors (Lipinski definition) is 1. The van der Waals surface area contributed by atoms with Gasteiger partial charge in [0.05, 0.1) is 17.6 Å². The number of hydrogen-bond acceptors (Lipinski definition) is 6. The molecule has 0 unspecified atom stereocenters. The first-order chi connectivity index (χ1) is 16.9. The van der Waals surface area contributed by atoms with E-state index in [1.807, 2.05) is 6.92 Å². The summed E-state index contributed by atoms with van der Waals surface area (Å²) in [5.41, 5.74) is 1.68. The molecular weight excluding hydrogens is 480 g/mol. The van der Waals surface area contributed by atoms with Crippen LogP contribution in [0.4, 0.5) is 13.6 Å². The molecule has 2 aromatic carbocycles. The molecule has 0 aliphatic rings. The van der Waals surface area contributed by atoms with Gasteiger partial charge in [0.25, 0.3) is 6.43 Å². The molecule has 0 atom stereocenters. The van der Waals surface area contributed by atoms with Crippen molar-refractivity contribution in [3.8, 4) is 17.6 Å². The van der Waals surface area contributed by atoms with Crippen molar-refractivity contribution in [2.45, 2.75) is 32.7 Å². The summed E-state index contributed by atoms with van der Waals surface area (Å²) >= 11 is 6.15. The first-order valence-corrected chi connectivity index (χ1v) is 11.3. The molecule has 0 saturated heterocycles. The molecule has 35 heavy (non-hydrogen) atoms. The van der Waals surface area contributed by atoms with Crippen molar-refractivity contribution in [2.24, 2.45) is 0 Å². The van der Waals surface area contributed by atoms with Crippen molar-refractivity contribution in [3.05, 3.63) is 71.1 Å². The lowest BCUT2D eigenvalue weighted by atomic mass is 10.2. The second-order valence-electron chi connectivity index (χ2n) is 7.52. The van der Waals surface area contributed by atoms with E-state index in [0.29, 0.717) is 23.4 Å². The van der Waals surface area contributed by atoms with Gasteiger partial charge in [-0.25, -0.2) is 18.6 Å². The minimum absolute atomic E-state index is 0.0189. The summed E-state index contributed by atoms with van der Waals surface area (Å²) in [6.45, 7) is 2.68. The van der Waals surface area contributed by atoms with E-state index in [2.05, 4.69) is 20.3 Å². The summed E-state index contributed by atoms with van der Waals surface area (Å²) in [6, 6.07) is 14.8. The first-order valence-electron chi connectivity index (χ1n) is 10.9. The number of halogens is 3. The fourth-order valence-corrected chi connectivity index (χ4v) is 3.46. The molecule has 11 heteroatoms. The second kappa shape index (κ2) is 11.1. The average Bonchev–Trinajstić information content (AvgIpc) is 3.24.